The summed E-state index contributed by atoms with van der Waals surface area (Å²) < 4.78 is 72.1. The van der Waals surface area contributed by atoms with Crippen molar-refractivity contribution in [1.29, 1.82) is 0 Å². The second-order valence-electron chi connectivity index (χ2n) is 10.3. The zero-order chi connectivity index (χ0) is 29.1. The maximum absolute atomic E-state index is 14.2. The molecule has 14 heteroatoms. The molecular formula is C27H24F4N6O2S2. The van der Waals surface area contributed by atoms with Crippen LogP contribution in [0, 0.1) is 11.2 Å². The molecule has 3 aromatic heterocycles. The second-order valence-corrected chi connectivity index (χ2v) is 12.8. The van der Waals surface area contributed by atoms with Crippen LogP contribution in [0.25, 0.3) is 11.8 Å². The minimum atomic E-state index is -4.61. The molecule has 1 saturated carbocycles. The lowest BCUT2D eigenvalue weighted by Gasteiger charge is -2.45. The Kier molecular flexibility index (Phi) is 6.82. The largest absolute Gasteiger partial charge is 0.427 e. The molecule has 0 amide bonds. The Hall–Kier alpha value is -3.49. The summed E-state index contributed by atoms with van der Waals surface area (Å²) >= 11 is 0.339. The van der Waals surface area contributed by atoms with Gasteiger partial charge in [-0.2, -0.15) is 23.4 Å². The fourth-order valence-corrected chi connectivity index (χ4v) is 7.67. The van der Waals surface area contributed by atoms with Gasteiger partial charge in [0.1, 0.15) is 21.7 Å². The average Bonchev–Trinajstić information content (AvgIpc) is 3.70. The first-order valence-corrected chi connectivity index (χ1v) is 14.6. The molecule has 0 bridgehead atoms. The molecule has 0 N–H and O–H groups in total. The van der Waals surface area contributed by atoms with Gasteiger partial charge in [-0.1, -0.05) is 5.57 Å². The van der Waals surface area contributed by atoms with E-state index in [2.05, 4.69) is 15.2 Å². The van der Waals surface area contributed by atoms with E-state index in [1.165, 1.54) is 18.3 Å². The maximum atomic E-state index is 14.2. The van der Waals surface area contributed by atoms with E-state index < -0.39 is 33.2 Å². The summed E-state index contributed by atoms with van der Waals surface area (Å²) in [5.41, 5.74) is 1.67. The van der Waals surface area contributed by atoms with E-state index in [1.54, 1.807) is 52.3 Å². The third-order valence-electron chi connectivity index (χ3n) is 7.78. The summed E-state index contributed by atoms with van der Waals surface area (Å²) in [6, 6.07) is 5.55. The summed E-state index contributed by atoms with van der Waals surface area (Å²) in [7, 11) is 1.88. The lowest BCUT2D eigenvalue weighted by Crippen LogP contribution is -2.48. The number of thiazole rings is 1. The number of carbonyl (C=O) groups excluding carboxylic acids is 1. The lowest BCUT2D eigenvalue weighted by molar-refractivity contribution is -0.134. The summed E-state index contributed by atoms with van der Waals surface area (Å²) in [6.07, 6.45) is 4.23. The van der Waals surface area contributed by atoms with Crippen molar-refractivity contribution in [3.05, 3.63) is 81.6 Å². The molecular weight excluding hydrogens is 580 g/mol. The number of Topliss-reactive ketones (excluding diaryl/α,β-unsaturated/α-hetero) is 1. The number of hydrogen-bond donors (Lipinski definition) is 0. The molecule has 0 radical (unpaired) electrons. The van der Waals surface area contributed by atoms with Gasteiger partial charge in [0.25, 0.3) is 0 Å². The van der Waals surface area contributed by atoms with Crippen LogP contribution in [-0.4, -0.2) is 51.9 Å². The van der Waals surface area contributed by atoms with Gasteiger partial charge >= 0.3 is 6.18 Å². The molecule has 0 aliphatic heterocycles. The second kappa shape index (κ2) is 10.1. The first-order valence-electron chi connectivity index (χ1n) is 12.7. The molecule has 6 rings (SSSR count). The van der Waals surface area contributed by atoms with Gasteiger partial charge in [0.15, 0.2) is 5.01 Å². The highest BCUT2D eigenvalue weighted by Crippen LogP contribution is 2.51. The van der Waals surface area contributed by atoms with Crippen molar-refractivity contribution in [2.24, 2.45) is 12.5 Å². The number of fused-ring (bicyclic) bond motifs is 2. The van der Waals surface area contributed by atoms with Crippen molar-refractivity contribution in [2.75, 3.05) is 7.05 Å². The summed E-state index contributed by atoms with van der Waals surface area (Å²) in [6.45, 7) is 0. The molecule has 0 spiro atoms. The van der Waals surface area contributed by atoms with Crippen LogP contribution in [-0.2, 0) is 30.6 Å². The van der Waals surface area contributed by atoms with E-state index >= 15 is 0 Å². The predicted molar refractivity (Wildman–Crippen MR) is 144 cm³/mol. The van der Waals surface area contributed by atoms with Crippen molar-refractivity contribution in [2.45, 2.75) is 42.8 Å². The van der Waals surface area contributed by atoms with Gasteiger partial charge in [-0.3, -0.25) is 9.48 Å². The van der Waals surface area contributed by atoms with E-state index in [0.717, 1.165) is 16.8 Å². The van der Waals surface area contributed by atoms with Crippen molar-refractivity contribution < 1.29 is 26.6 Å². The first-order chi connectivity index (χ1) is 19.5. The van der Waals surface area contributed by atoms with Crippen LogP contribution in [0.3, 0.4) is 0 Å². The predicted octanol–water partition coefficient (Wildman–Crippen LogP) is 5.24. The van der Waals surface area contributed by atoms with Crippen LogP contribution in [0.1, 0.15) is 45.2 Å². The molecule has 2 aliphatic carbocycles. The highest BCUT2D eigenvalue weighted by molar-refractivity contribution is 7.82. The Morgan fingerprint density at radius 2 is 1.93 bits per heavy atom. The number of rotatable bonds is 6. The standard InChI is InChI=1S/C27H24F4N6O2S2/c1-35-15-21(13-33-35)41(39)36(2)20-6-3-17-9-22-16(12-34-37(22)19-7-4-18(28)5-8-19)10-26(17,11-20)24(38)25-32-14-23(40-25)27(29,30)31/h4-5,7-9,12-15,20H,3,6,10-11H2,1-2H3. The number of allylic oxidation sites excluding steroid dienone is 1. The first kappa shape index (κ1) is 27.7. The minimum Gasteiger partial charge on any atom is -0.290 e. The Labute approximate surface area is 238 Å². The van der Waals surface area contributed by atoms with Crippen LogP contribution in [0.5, 0.6) is 0 Å². The third kappa shape index (κ3) is 4.87. The number of benzene rings is 1. The number of alkyl halides is 3. The van der Waals surface area contributed by atoms with E-state index in [4.69, 9.17) is 0 Å². The van der Waals surface area contributed by atoms with E-state index in [-0.39, 0.29) is 29.7 Å². The maximum Gasteiger partial charge on any atom is 0.427 e. The van der Waals surface area contributed by atoms with Crippen molar-refractivity contribution >= 4 is 34.2 Å². The molecule has 1 aromatic carbocycles. The lowest BCUT2D eigenvalue weighted by atomic mass is 9.61. The summed E-state index contributed by atoms with van der Waals surface area (Å²) in [4.78, 5) is 17.7. The Bertz CT molecular complexity index is 1690. The highest BCUT2D eigenvalue weighted by Gasteiger charge is 2.51. The molecule has 3 unspecified atom stereocenters. The molecule has 2 aliphatic rings. The van der Waals surface area contributed by atoms with Gasteiger partial charge in [-0.25, -0.2) is 22.6 Å². The number of nitrogens with zero attached hydrogens (tertiary/aromatic N) is 6. The van der Waals surface area contributed by atoms with Crippen LogP contribution in [0.2, 0.25) is 0 Å². The fraction of sp³-hybridized carbons (Fsp3) is 0.333. The molecule has 0 saturated heterocycles. The monoisotopic (exact) mass is 604 g/mol. The van der Waals surface area contributed by atoms with Gasteiger partial charge in [0, 0.05) is 26.3 Å². The molecule has 1 fully saturated rings. The van der Waals surface area contributed by atoms with Gasteiger partial charge in [-0.15, -0.1) is 11.3 Å². The van der Waals surface area contributed by atoms with Gasteiger partial charge < -0.3 is 0 Å². The quantitative estimate of drug-likeness (QED) is 0.222. The molecule has 8 nitrogen and oxygen atoms in total. The SMILES string of the molecule is CN(C1CCC2=Cc3c(cnn3-c3ccc(F)cc3)CC2(C(=O)c2ncc(C(F)(F)F)s2)C1)S(=O)c1cnn(C)c1. The van der Waals surface area contributed by atoms with Crippen LogP contribution in [0.4, 0.5) is 17.6 Å². The number of aryl methyl sites for hydroxylation is 1. The summed E-state index contributed by atoms with van der Waals surface area (Å²) in [5, 5.41) is 8.37. The normalized spacial score (nSPS) is 21.3. The van der Waals surface area contributed by atoms with E-state index in [9.17, 15) is 26.6 Å². The molecule has 4 aromatic rings. The average molecular weight is 605 g/mol. The fourth-order valence-electron chi connectivity index (χ4n) is 5.69. The van der Waals surface area contributed by atoms with Gasteiger partial charge in [0.05, 0.1) is 40.3 Å². The Morgan fingerprint density at radius 1 is 1.17 bits per heavy atom. The Morgan fingerprint density at radius 3 is 2.59 bits per heavy atom. The molecule has 3 heterocycles. The van der Waals surface area contributed by atoms with Crippen molar-refractivity contribution in [3.8, 4) is 5.69 Å². The van der Waals surface area contributed by atoms with E-state index in [0.29, 0.717) is 41.0 Å². The van der Waals surface area contributed by atoms with Crippen molar-refractivity contribution in [1.82, 2.24) is 28.9 Å². The summed E-state index contributed by atoms with van der Waals surface area (Å²) in [5.74, 6) is -0.875. The number of ketones is 1. The van der Waals surface area contributed by atoms with Crippen LogP contribution in [0.15, 0.2) is 59.5 Å². The highest BCUT2D eigenvalue weighted by atomic mass is 32.2. The smallest absolute Gasteiger partial charge is 0.290 e. The topological polar surface area (TPSA) is 85.9 Å². The zero-order valence-corrected chi connectivity index (χ0v) is 23.6. The van der Waals surface area contributed by atoms with Crippen LogP contribution < -0.4 is 0 Å². The number of aromatic nitrogens is 5. The van der Waals surface area contributed by atoms with Crippen molar-refractivity contribution in [3.63, 3.8) is 0 Å². The van der Waals surface area contributed by atoms with Gasteiger partial charge in [-0.05, 0) is 61.6 Å². The molecule has 41 heavy (non-hydrogen) atoms. The third-order valence-corrected chi connectivity index (χ3v) is 10.3. The van der Waals surface area contributed by atoms with Gasteiger partial charge in [0.2, 0.25) is 5.78 Å². The number of halogens is 4. The minimum absolute atomic E-state index is 0.193. The Balaban J connectivity index is 1.40. The molecule has 214 valence electrons. The van der Waals surface area contributed by atoms with Crippen LogP contribution >= 0.6 is 11.3 Å². The number of carbonyl (C=O) groups is 1. The zero-order valence-electron chi connectivity index (χ0n) is 21.9. The number of hydrogen-bond acceptors (Lipinski definition) is 6. The molecule has 3 atom stereocenters. The van der Waals surface area contributed by atoms with E-state index in [1.807, 2.05) is 6.08 Å².